The molecule has 2 aromatic rings. The van der Waals surface area contributed by atoms with E-state index in [0.717, 1.165) is 17.8 Å². The van der Waals surface area contributed by atoms with Crippen molar-refractivity contribution >= 4 is 11.6 Å². The summed E-state index contributed by atoms with van der Waals surface area (Å²) in [6.07, 6.45) is 1.18. The summed E-state index contributed by atoms with van der Waals surface area (Å²) in [4.78, 5) is 14.4. The second-order valence-electron chi connectivity index (χ2n) is 5.14. The highest BCUT2D eigenvalue weighted by molar-refractivity contribution is 5.97. The third kappa shape index (κ3) is 3.12. The van der Waals surface area contributed by atoms with Crippen molar-refractivity contribution in [3.63, 3.8) is 0 Å². The number of carbonyl (C=O) groups excluding carboxylic acids is 1. The lowest BCUT2D eigenvalue weighted by Crippen LogP contribution is -2.46. The molecule has 1 aromatic heterocycles. The second-order valence-corrected chi connectivity index (χ2v) is 5.14. The SMILES string of the molecule is CN1CCOC(C(=O)Nc2cn[nH]c2-c2ccccc2)C1. The van der Waals surface area contributed by atoms with Crippen molar-refractivity contribution in [2.45, 2.75) is 6.10 Å². The first kappa shape index (κ1) is 13.8. The van der Waals surface area contributed by atoms with Crippen molar-refractivity contribution in [3.8, 4) is 11.3 Å². The molecule has 1 atom stereocenters. The van der Waals surface area contributed by atoms with E-state index < -0.39 is 6.10 Å². The number of anilines is 1. The number of nitrogens with one attached hydrogen (secondary N) is 2. The van der Waals surface area contributed by atoms with Crippen LogP contribution in [0.1, 0.15) is 0 Å². The fourth-order valence-corrected chi connectivity index (χ4v) is 2.36. The van der Waals surface area contributed by atoms with Crippen molar-refractivity contribution in [2.24, 2.45) is 0 Å². The minimum atomic E-state index is -0.442. The molecule has 2 N–H and O–H groups in total. The average molecular weight is 286 g/mol. The van der Waals surface area contributed by atoms with Gasteiger partial charge in [-0.25, -0.2) is 0 Å². The van der Waals surface area contributed by atoms with E-state index in [-0.39, 0.29) is 5.91 Å². The minimum absolute atomic E-state index is 0.139. The smallest absolute Gasteiger partial charge is 0.254 e. The van der Waals surface area contributed by atoms with E-state index in [1.54, 1.807) is 6.20 Å². The molecule has 21 heavy (non-hydrogen) atoms. The molecule has 0 bridgehead atoms. The van der Waals surface area contributed by atoms with Crippen LogP contribution in [0.15, 0.2) is 36.5 Å². The highest BCUT2D eigenvalue weighted by Crippen LogP contribution is 2.25. The van der Waals surface area contributed by atoms with E-state index in [1.807, 2.05) is 37.4 Å². The lowest BCUT2D eigenvalue weighted by Gasteiger charge is -2.29. The van der Waals surface area contributed by atoms with E-state index in [2.05, 4.69) is 20.4 Å². The number of amides is 1. The van der Waals surface area contributed by atoms with Crippen LogP contribution >= 0.6 is 0 Å². The molecule has 0 radical (unpaired) electrons. The maximum Gasteiger partial charge on any atom is 0.254 e. The summed E-state index contributed by atoms with van der Waals surface area (Å²) in [7, 11) is 1.98. The van der Waals surface area contributed by atoms with Crippen molar-refractivity contribution in [1.29, 1.82) is 0 Å². The molecular formula is C15H18N4O2. The van der Waals surface area contributed by atoms with Crippen LogP contribution in [0.5, 0.6) is 0 Å². The first-order chi connectivity index (χ1) is 10.2. The molecule has 0 aliphatic carbocycles. The van der Waals surface area contributed by atoms with Crippen molar-refractivity contribution in [3.05, 3.63) is 36.5 Å². The molecule has 0 saturated carbocycles. The fourth-order valence-electron chi connectivity index (χ4n) is 2.36. The van der Waals surface area contributed by atoms with E-state index in [9.17, 15) is 4.79 Å². The molecular weight excluding hydrogens is 268 g/mol. The molecule has 1 unspecified atom stereocenters. The number of morpholine rings is 1. The molecule has 1 amide bonds. The van der Waals surface area contributed by atoms with Gasteiger partial charge in [-0.15, -0.1) is 0 Å². The zero-order valence-corrected chi connectivity index (χ0v) is 11.9. The summed E-state index contributed by atoms with van der Waals surface area (Å²) in [5, 5.41) is 9.84. The number of hydrogen-bond donors (Lipinski definition) is 2. The number of likely N-dealkylation sites (N-methyl/N-ethyl adjacent to an activating group) is 1. The third-order valence-corrected chi connectivity index (χ3v) is 3.52. The molecule has 1 aromatic carbocycles. The maximum atomic E-state index is 12.3. The number of carbonyl (C=O) groups is 1. The average Bonchev–Trinajstić information content (AvgIpc) is 2.96. The second kappa shape index (κ2) is 6.07. The van der Waals surface area contributed by atoms with Crippen LogP contribution < -0.4 is 5.32 Å². The van der Waals surface area contributed by atoms with Gasteiger partial charge >= 0.3 is 0 Å². The number of ether oxygens (including phenoxy) is 1. The summed E-state index contributed by atoms with van der Waals surface area (Å²) in [6, 6.07) is 9.77. The van der Waals surface area contributed by atoms with E-state index in [1.165, 1.54) is 0 Å². The molecule has 2 heterocycles. The molecule has 0 spiro atoms. The van der Waals surface area contributed by atoms with Crippen LogP contribution in [0.25, 0.3) is 11.3 Å². The predicted octanol–water partition coefficient (Wildman–Crippen LogP) is 1.35. The fraction of sp³-hybridized carbons (Fsp3) is 0.333. The Morgan fingerprint density at radius 3 is 3.00 bits per heavy atom. The molecule has 1 aliphatic rings. The van der Waals surface area contributed by atoms with Gasteiger partial charge in [0.1, 0.15) is 6.10 Å². The Morgan fingerprint density at radius 2 is 2.24 bits per heavy atom. The van der Waals surface area contributed by atoms with E-state index >= 15 is 0 Å². The standard InChI is InChI=1S/C15H18N4O2/c1-19-7-8-21-13(10-19)15(20)17-12-9-16-18-14(12)11-5-3-2-4-6-11/h2-6,9,13H,7-8,10H2,1H3,(H,16,18)(H,17,20). The van der Waals surface area contributed by atoms with E-state index in [4.69, 9.17) is 4.74 Å². The Labute approximate surface area is 123 Å². The van der Waals surface area contributed by atoms with Gasteiger partial charge in [0.25, 0.3) is 5.91 Å². The van der Waals surface area contributed by atoms with Crippen LogP contribution in [-0.2, 0) is 9.53 Å². The van der Waals surface area contributed by atoms with Crippen molar-refractivity contribution in [1.82, 2.24) is 15.1 Å². The van der Waals surface area contributed by atoms with Gasteiger partial charge in [0, 0.05) is 18.7 Å². The maximum absolute atomic E-state index is 12.3. The Bertz CT molecular complexity index is 611. The Balaban J connectivity index is 1.74. The van der Waals surface area contributed by atoms with E-state index in [0.29, 0.717) is 18.8 Å². The summed E-state index contributed by atoms with van der Waals surface area (Å²) in [5.41, 5.74) is 2.45. The van der Waals surface area contributed by atoms with Gasteiger partial charge in [-0.2, -0.15) is 5.10 Å². The molecule has 6 nitrogen and oxygen atoms in total. The third-order valence-electron chi connectivity index (χ3n) is 3.52. The lowest BCUT2D eigenvalue weighted by atomic mass is 10.1. The summed E-state index contributed by atoms with van der Waals surface area (Å²) < 4.78 is 5.52. The van der Waals surface area contributed by atoms with Gasteiger partial charge in [0.2, 0.25) is 0 Å². The van der Waals surface area contributed by atoms with Crippen LogP contribution in [0.3, 0.4) is 0 Å². The molecule has 1 aliphatic heterocycles. The number of benzene rings is 1. The number of aromatic nitrogens is 2. The zero-order chi connectivity index (χ0) is 14.7. The number of rotatable bonds is 3. The molecule has 1 saturated heterocycles. The minimum Gasteiger partial charge on any atom is -0.366 e. The van der Waals surface area contributed by atoms with Gasteiger partial charge in [-0.05, 0) is 7.05 Å². The van der Waals surface area contributed by atoms with Crippen LogP contribution in [0.2, 0.25) is 0 Å². The first-order valence-corrected chi connectivity index (χ1v) is 6.94. The lowest BCUT2D eigenvalue weighted by molar-refractivity contribution is -0.132. The Morgan fingerprint density at radius 1 is 1.43 bits per heavy atom. The van der Waals surface area contributed by atoms with Crippen molar-refractivity contribution in [2.75, 3.05) is 32.1 Å². The number of nitrogens with zero attached hydrogens (tertiary/aromatic N) is 2. The largest absolute Gasteiger partial charge is 0.366 e. The quantitative estimate of drug-likeness (QED) is 0.893. The highest BCUT2D eigenvalue weighted by Gasteiger charge is 2.25. The topological polar surface area (TPSA) is 70.2 Å². The van der Waals surface area contributed by atoms with Crippen LogP contribution in [-0.4, -0.2) is 53.9 Å². The number of aromatic amines is 1. The summed E-state index contributed by atoms with van der Waals surface area (Å²) in [5.74, 6) is -0.139. The summed E-state index contributed by atoms with van der Waals surface area (Å²) >= 11 is 0. The molecule has 110 valence electrons. The van der Waals surface area contributed by atoms with Gasteiger partial charge < -0.3 is 15.0 Å². The highest BCUT2D eigenvalue weighted by atomic mass is 16.5. The molecule has 3 rings (SSSR count). The number of hydrogen-bond acceptors (Lipinski definition) is 4. The Hall–Kier alpha value is -2.18. The van der Waals surface area contributed by atoms with Gasteiger partial charge in [-0.1, -0.05) is 30.3 Å². The molecule has 6 heteroatoms. The van der Waals surface area contributed by atoms with Crippen LogP contribution in [0, 0.1) is 0 Å². The monoisotopic (exact) mass is 286 g/mol. The predicted molar refractivity (Wildman–Crippen MR) is 79.9 cm³/mol. The molecule has 1 fully saturated rings. The summed E-state index contributed by atoms with van der Waals surface area (Å²) in [6.45, 7) is 2.03. The number of H-pyrrole nitrogens is 1. The normalized spacial score (nSPS) is 19.4. The van der Waals surface area contributed by atoms with Crippen molar-refractivity contribution < 1.29 is 9.53 Å². The van der Waals surface area contributed by atoms with Gasteiger partial charge in [-0.3, -0.25) is 9.89 Å². The zero-order valence-electron chi connectivity index (χ0n) is 11.9. The first-order valence-electron chi connectivity index (χ1n) is 6.94. The van der Waals surface area contributed by atoms with Gasteiger partial charge in [0.05, 0.1) is 24.2 Å². The van der Waals surface area contributed by atoms with Crippen LogP contribution in [0.4, 0.5) is 5.69 Å². The van der Waals surface area contributed by atoms with Gasteiger partial charge in [0.15, 0.2) is 0 Å². The Kier molecular flexibility index (Phi) is 3.98.